The van der Waals surface area contributed by atoms with Gasteiger partial charge in [-0.1, -0.05) is 58.5 Å². The van der Waals surface area contributed by atoms with Gasteiger partial charge in [0.05, 0.1) is 0 Å². The summed E-state index contributed by atoms with van der Waals surface area (Å²) in [6.07, 6.45) is 0.932. The van der Waals surface area contributed by atoms with E-state index in [1.54, 1.807) is 36.0 Å². The summed E-state index contributed by atoms with van der Waals surface area (Å²) in [4.78, 5) is 12.2. The van der Waals surface area contributed by atoms with Gasteiger partial charge in [0.1, 0.15) is 5.78 Å². The van der Waals surface area contributed by atoms with Crippen LogP contribution >= 0.6 is 58.2 Å². The molecule has 1 nitrogen and oxygen atoms in total. The molecule has 0 aliphatic carbocycles. The van der Waals surface area contributed by atoms with Crippen LogP contribution in [0.1, 0.15) is 34.5 Å². The lowest BCUT2D eigenvalue weighted by atomic mass is 10.0. The SMILES string of the molecule is O=C1CC(c2ccc(Cl)cc2Cl)SC(c2ccc(Cl)cc2Cl)C1. The normalized spacial score (nSPS) is 21.5. The maximum atomic E-state index is 12.2. The number of rotatable bonds is 2. The first kappa shape index (κ1) is 17.4. The van der Waals surface area contributed by atoms with Crippen LogP contribution in [-0.2, 0) is 4.79 Å². The van der Waals surface area contributed by atoms with Crippen LogP contribution in [0.4, 0.5) is 0 Å². The van der Waals surface area contributed by atoms with Gasteiger partial charge in [-0.05, 0) is 35.4 Å². The highest BCUT2D eigenvalue weighted by Gasteiger charge is 2.32. The van der Waals surface area contributed by atoms with Crippen LogP contribution in [0.5, 0.6) is 0 Å². The first-order valence-electron chi connectivity index (χ1n) is 7.01. The largest absolute Gasteiger partial charge is 0.300 e. The molecule has 0 N–H and O–H groups in total. The fraction of sp³-hybridized carbons (Fsp3) is 0.235. The first-order valence-corrected chi connectivity index (χ1v) is 9.46. The van der Waals surface area contributed by atoms with E-state index in [0.717, 1.165) is 11.1 Å². The summed E-state index contributed by atoms with van der Waals surface area (Å²) in [5.74, 6) is 0.204. The minimum absolute atomic E-state index is 0.00207. The van der Waals surface area contributed by atoms with Gasteiger partial charge in [0.2, 0.25) is 0 Å². The molecule has 3 rings (SSSR count). The van der Waals surface area contributed by atoms with Gasteiger partial charge < -0.3 is 0 Å². The summed E-state index contributed by atoms with van der Waals surface area (Å²) in [6.45, 7) is 0. The standard InChI is InChI=1S/C17H12Cl4OS/c18-9-1-3-12(14(20)5-9)16-7-11(22)8-17(23-16)13-4-2-10(19)6-15(13)21/h1-6,16-17H,7-8H2. The molecule has 0 amide bonds. The Balaban J connectivity index is 1.91. The van der Waals surface area contributed by atoms with Crippen molar-refractivity contribution >= 4 is 63.9 Å². The van der Waals surface area contributed by atoms with Crippen LogP contribution in [-0.4, -0.2) is 5.78 Å². The Morgan fingerprint density at radius 3 is 1.61 bits per heavy atom. The molecule has 23 heavy (non-hydrogen) atoms. The lowest BCUT2D eigenvalue weighted by Gasteiger charge is -2.29. The Kier molecular flexibility index (Phi) is 5.49. The van der Waals surface area contributed by atoms with Gasteiger partial charge in [-0.25, -0.2) is 0 Å². The molecule has 0 saturated carbocycles. The van der Waals surface area contributed by atoms with Crippen LogP contribution in [0.15, 0.2) is 36.4 Å². The molecule has 1 heterocycles. The van der Waals surface area contributed by atoms with Gasteiger partial charge in [0.15, 0.2) is 0 Å². The first-order chi connectivity index (χ1) is 10.9. The van der Waals surface area contributed by atoms with Crippen molar-refractivity contribution in [2.24, 2.45) is 0 Å². The second-order valence-electron chi connectivity index (χ2n) is 5.39. The van der Waals surface area contributed by atoms with E-state index < -0.39 is 0 Å². The van der Waals surface area contributed by atoms with Gasteiger partial charge in [0.25, 0.3) is 0 Å². The Bertz CT molecular complexity index is 701. The van der Waals surface area contributed by atoms with E-state index >= 15 is 0 Å². The molecule has 2 aromatic carbocycles. The van der Waals surface area contributed by atoms with Crippen LogP contribution in [0.3, 0.4) is 0 Å². The zero-order valence-electron chi connectivity index (χ0n) is 11.9. The summed E-state index contributed by atoms with van der Waals surface area (Å²) in [6, 6.07) is 10.8. The third kappa shape index (κ3) is 4.00. The topological polar surface area (TPSA) is 17.1 Å². The predicted octanol–water partition coefficient (Wildman–Crippen LogP) is 7.18. The Labute approximate surface area is 159 Å². The minimum atomic E-state index is -0.00207. The molecule has 1 aliphatic heterocycles. The molecule has 2 aromatic rings. The van der Waals surface area contributed by atoms with Crippen molar-refractivity contribution in [3.05, 3.63) is 67.6 Å². The third-order valence-corrected chi connectivity index (χ3v) is 6.40. The highest BCUT2D eigenvalue weighted by atomic mass is 35.5. The lowest BCUT2D eigenvalue weighted by Crippen LogP contribution is -2.16. The Hall–Kier alpha value is -0.380. The van der Waals surface area contributed by atoms with Crippen molar-refractivity contribution in [3.8, 4) is 0 Å². The van der Waals surface area contributed by atoms with Crippen molar-refractivity contribution < 1.29 is 4.79 Å². The monoisotopic (exact) mass is 404 g/mol. The van der Waals surface area contributed by atoms with Gasteiger partial charge in [0, 0.05) is 43.4 Å². The van der Waals surface area contributed by atoms with Crippen molar-refractivity contribution in [1.82, 2.24) is 0 Å². The van der Waals surface area contributed by atoms with Crippen LogP contribution in [0.2, 0.25) is 20.1 Å². The van der Waals surface area contributed by atoms with Gasteiger partial charge in [-0.2, -0.15) is 0 Å². The van der Waals surface area contributed by atoms with Crippen molar-refractivity contribution in [3.63, 3.8) is 0 Å². The van der Waals surface area contributed by atoms with Crippen LogP contribution in [0, 0.1) is 0 Å². The molecule has 1 aliphatic rings. The van der Waals surface area contributed by atoms with Crippen molar-refractivity contribution in [2.75, 3.05) is 0 Å². The summed E-state index contributed by atoms with van der Waals surface area (Å²) >= 11 is 26.2. The molecule has 2 unspecified atom stereocenters. The van der Waals surface area contributed by atoms with Gasteiger partial charge in [-0.15, -0.1) is 11.8 Å². The summed E-state index contributed by atoms with van der Waals surface area (Å²) in [5, 5.41) is 2.35. The number of benzene rings is 2. The number of thioether (sulfide) groups is 1. The van der Waals surface area contributed by atoms with E-state index in [4.69, 9.17) is 46.4 Å². The number of ketones is 1. The number of halogens is 4. The molecule has 0 bridgehead atoms. The Morgan fingerprint density at radius 2 is 1.22 bits per heavy atom. The smallest absolute Gasteiger partial charge is 0.135 e. The van der Waals surface area contributed by atoms with E-state index in [0.29, 0.717) is 32.9 Å². The zero-order valence-corrected chi connectivity index (χ0v) is 15.7. The highest BCUT2D eigenvalue weighted by Crippen LogP contribution is 2.51. The summed E-state index contributed by atoms with van der Waals surface area (Å²) < 4.78 is 0. The van der Waals surface area contributed by atoms with Crippen LogP contribution in [0.25, 0.3) is 0 Å². The number of Topliss-reactive ketones (excluding diaryl/α,β-unsaturated/α-hetero) is 1. The van der Waals surface area contributed by atoms with Crippen molar-refractivity contribution in [2.45, 2.75) is 23.3 Å². The second-order valence-corrected chi connectivity index (χ2v) is 8.49. The molecule has 0 radical (unpaired) electrons. The maximum absolute atomic E-state index is 12.2. The zero-order chi connectivity index (χ0) is 16.6. The molecule has 0 spiro atoms. The average Bonchev–Trinajstić information content (AvgIpc) is 2.46. The number of carbonyl (C=O) groups excluding carboxylic acids is 1. The molecular weight excluding hydrogens is 394 g/mol. The van der Waals surface area contributed by atoms with E-state index in [2.05, 4.69) is 0 Å². The Morgan fingerprint density at radius 1 is 0.783 bits per heavy atom. The molecular formula is C17H12Cl4OS. The predicted molar refractivity (Wildman–Crippen MR) is 100 cm³/mol. The molecule has 1 fully saturated rings. The summed E-state index contributed by atoms with van der Waals surface area (Å²) in [7, 11) is 0. The minimum Gasteiger partial charge on any atom is -0.300 e. The lowest BCUT2D eigenvalue weighted by molar-refractivity contribution is -0.119. The number of hydrogen-bond donors (Lipinski definition) is 0. The molecule has 6 heteroatoms. The molecule has 0 aromatic heterocycles. The van der Waals surface area contributed by atoms with E-state index in [9.17, 15) is 4.79 Å². The highest BCUT2D eigenvalue weighted by molar-refractivity contribution is 7.99. The average molecular weight is 406 g/mol. The fourth-order valence-electron chi connectivity index (χ4n) is 2.68. The van der Waals surface area contributed by atoms with E-state index in [1.807, 2.05) is 12.1 Å². The maximum Gasteiger partial charge on any atom is 0.135 e. The fourth-order valence-corrected chi connectivity index (χ4v) is 5.56. The molecule has 1 saturated heterocycles. The quantitative estimate of drug-likeness (QED) is 0.526. The van der Waals surface area contributed by atoms with Gasteiger partial charge >= 0.3 is 0 Å². The van der Waals surface area contributed by atoms with E-state index in [1.165, 1.54) is 0 Å². The molecule has 2 atom stereocenters. The van der Waals surface area contributed by atoms with Crippen molar-refractivity contribution in [1.29, 1.82) is 0 Å². The van der Waals surface area contributed by atoms with E-state index in [-0.39, 0.29) is 16.3 Å². The summed E-state index contributed by atoms with van der Waals surface area (Å²) in [5.41, 5.74) is 1.87. The third-order valence-electron chi connectivity index (χ3n) is 3.77. The number of hydrogen-bond acceptors (Lipinski definition) is 2. The number of carbonyl (C=O) groups is 1. The van der Waals surface area contributed by atoms with Crippen LogP contribution < -0.4 is 0 Å². The molecule has 120 valence electrons. The van der Waals surface area contributed by atoms with Gasteiger partial charge in [-0.3, -0.25) is 4.79 Å². The second kappa shape index (κ2) is 7.25.